The number of nitrogens with one attached hydrogen (secondary N) is 1. The van der Waals surface area contributed by atoms with Crippen molar-refractivity contribution >= 4 is 17.4 Å². The average molecular weight is 261 g/mol. The number of carbonyl (C=O) groups excluding carboxylic acids is 1. The Bertz CT molecular complexity index is 420. The number of carbonyl (C=O) groups is 1. The van der Waals surface area contributed by atoms with Crippen LogP contribution in [-0.2, 0) is 0 Å². The maximum atomic E-state index is 12.0. The van der Waals surface area contributed by atoms with Gasteiger partial charge in [-0.3, -0.25) is 0 Å². The maximum Gasteiger partial charge on any atom is 0.390 e. The fraction of sp³-hybridized carbons (Fsp3) is 0.364. The van der Waals surface area contributed by atoms with E-state index in [2.05, 4.69) is 5.32 Å². The lowest BCUT2D eigenvalue weighted by Crippen LogP contribution is -2.34. The van der Waals surface area contributed by atoms with Gasteiger partial charge in [0.15, 0.2) is 0 Å². The summed E-state index contributed by atoms with van der Waals surface area (Å²) in [6.07, 6.45) is -5.31. The zero-order valence-corrected chi connectivity index (χ0v) is 9.79. The zero-order valence-electron chi connectivity index (χ0n) is 9.79. The molecule has 0 saturated carbocycles. The highest BCUT2D eigenvalue weighted by molar-refractivity contribution is 5.89. The molecule has 100 valence electrons. The minimum absolute atomic E-state index is 0.391. The Balaban J connectivity index is 2.50. The number of halogens is 3. The third-order valence-corrected chi connectivity index (χ3v) is 2.22. The van der Waals surface area contributed by atoms with Crippen LogP contribution in [-0.4, -0.2) is 30.7 Å². The highest BCUT2D eigenvalue weighted by Gasteiger charge is 2.28. The van der Waals surface area contributed by atoms with Crippen molar-refractivity contribution in [3.63, 3.8) is 0 Å². The summed E-state index contributed by atoms with van der Waals surface area (Å²) < 4.78 is 36.0. The van der Waals surface area contributed by atoms with Gasteiger partial charge in [-0.05, 0) is 18.2 Å². The second-order valence-electron chi connectivity index (χ2n) is 3.84. The number of amides is 2. The summed E-state index contributed by atoms with van der Waals surface area (Å²) in [5.41, 5.74) is 6.42. The molecule has 4 nitrogen and oxygen atoms in total. The summed E-state index contributed by atoms with van der Waals surface area (Å²) >= 11 is 0. The molecule has 0 bridgehead atoms. The van der Waals surface area contributed by atoms with Crippen LogP contribution in [0.25, 0.3) is 0 Å². The Morgan fingerprint density at radius 2 is 2.11 bits per heavy atom. The molecule has 0 radical (unpaired) electrons. The molecule has 18 heavy (non-hydrogen) atoms. The van der Waals surface area contributed by atoms with E-state index in [-0.39, 0.29) is 0 Å². The number of hydrogen-bond donors (Lipinski definition) is 2. The van der Waals surface area contributed by atoms with Crippen LogP contribution >= 0.6 is 0 Å². The fourth-order valence-corrected chi connectivity index (χ4v) is 1.23. The van der Waals surface area contributed by atoms with Gasteiger partial charge in [-0.25, -0.2) is 4.79 Å². The van der Waals surface area contributed by atoms with Gasteiger partial charge in [0, 0.05) is 25.0 Å². The predicted octanol–water partition coefficient (Wildman–Crippen LogP) is 2.68. The van der Waals surface area contributed by atoms with E-state index < -0.39 is 25.2 Å². The smallest absolute Gasteiger partial charge is 0.390 e. The predicted molar refractivity (Wildman–Crippen MR) is 63.2 cm³/mol. The van der Waals surface area contributed by atoms with Crippen LogP contribution in [0.15, 0.2) is 24.3 Å². The van der Waals surface area contributed by atoms with E-state index in [4.69, 9.17) is 5.73 Å². The van der Waals surface area contributed by atoms with Gasteiger partial charge in [0.05, 0.1) is 6.42 Å². The minimum Gasteiger partial charge on any atom is -0.399 e. The second-order valence-corrected chi connectivity index (χ2v) is 3.84. The van der Waals surface area contributed by atoms with E-state index in [9.17, 15) is 18.0 Å². The summed E-state index contributed by atoms with van der Waals surface area (Å²) in [6, 6.07) is 5.80. The zero-order chi connectivity index (χ0) is 13.8. The third-order valence-electron chi connectivity index (χ3n) is 2.22. The summed E-state index contributed by atoms with van der Waals surface area (Å²) in [7, 11) is 1.30. The van der Waals surface area contributed by atoms with Crippen LogP contribution in [0.3, 0.4) is 0 Å². The molecule has 0 aromatic heterocycles. The van der Waals surface area contributed by atoms with Gasteiger partial charge in [-0.1, -0.05) is 6.07 Å². The molecule has 2 amide bonds. The molecule has 3 N–H and O–H groups in total. The van der Waals surface area contributed by atoms with Crippen LogP contribution in [0.4, 0.5) is 29.3 Å². The average Bonchev–Trinajstić information content (AvgIpc) is 2.24. The molecule has 0 saturated heterocycles. The van der Waals surface area contributed by atoms with E-state index >= 15 is 0 Å². The molecule has 1 rings (SSSR count). The lowest BCUT2D eigenvalue weighted by molar-refractivity contribution is -0.135. The van der Waals surface area contributed by atoms with Crippen LogP contribution in [0, 0.1) is 0 Å². The van der Waals surface area contributed by atoms with E-state index in [1.54, 1.807) is 18.2 Å². The Morgan fingerprint density at radius 1 is 1.44 bits per heavy atom. The normalized spacial score (nSPS) is 11.1. The number of benzene rings is 1. The number of nitrogens with two attached hydrogens (primary N) is 1. The summed E-state index contributed by atoms with van der Waals surface area (Å²) in [5.74, 6) is 0. The molecule has 1 aromatic carbocycles. The van der Waals surface area contributed by atoms with Crippen LogP contribution in [0.2, 0.25) is 0 Å². The van der Waals surface area contributed by atoms with Crippen molar-refractivity contribution in [2.75, 3.05) is 24.6 Å². The van der Waals surface area contributed by atoms with Gasteiger partial charge in [0.1, 0.15) is 0 Å². The number of hydrogen-bond acceptors (Lipinski definition) is 2. The van der Waals surface area contributed by atoms with E-state index in [0.29, 0.717) is 11.4 Å². The molecular formula is C11H14F3N3O. The first-order valence-corrected chi connectivity index (χ1v) is 5.22. The topological polar surface area (TPSA) is 58.4 Å². The number of nitrogen functional groups attached to an aromatic ring is 1. The first-order chi connectivity index (χ1) is 8.28. The number of rotatable bonds is 3. The summed E-state index contributed by atoms with van der Waals surface area (Å²) in [4.78, 5) is 12.5. The number of nitrogens with zero attached hydrogens (tertiary/aromatic N) is 1. The molecule has 0 heterocycles. The SMILES string of the molecule is CN(CCC(F)(F)F)C(=O)Nc1cccc(N)c1. The van der Waals surface area contributed by atoms with Gasteiger partial charge in [0.25, 0.3) is 0 Å². The maximum absolute atomic E-state index is 12.0. The monoisotopic (exact) mass is 261 g/mol. The van der Waals surface area contributed by atoms with Gasteiger partial charge in [-0.15, -0.1) is 0 Å². The standard InChI is InChI=1S/C11H14F3N3O/c1-17(6-5-11(12,13)14)10(18)16-9-4-2-3-8(15)7-9/h2-4,7H,5-6,15H2,1H3,(H,16,18). The van der Waals surface area contributed by atoms with Gasteiger partial charge in [0.2, 0.25) is 0 Å². The van der Waals surface area contributed by atoms with Crippen molar-refractivity contribution in [1.82, 2.24) is 4.90 Å². The van der Waals surface area contributed by atoms with Gasteiger partial charge in [-0.2, -0.15) is 13.2 Å². The Hall–Kier alpha value is -1.92. The quantitative estimate of drug-likeness (QED) is 0.822. The Kier molecular flexibility index (Phi) is 4.41. The molecular weight excluding hydrogens is 247 g/mol. The summed E-state index contributed by atoms with van der Waals surface area (Å²) in [6.45, 7) is -0.391. The Morgan fingerprint density at radius 3 is 2.67 bits per heavy atom. The molecule has 0 spiro atoms. The number of alkyl halides is 3. The van der Waals surface area contributed by atoms with E-state index in [1.807, 2.05) is 0 Å². The minimum atomic E-state index is -4.27. The first-order valence-electron chi connectivity index (χ1n) is 5.22. The van der Waals surface area contributed by atoms with Crippen molar-refractivity contribution in [2.24, 2.45) is 0 Å². The summed E-state index contributed by atoms with van der Waals surface area (Å²) in [5, 5.41) is 2.46. The fourth-order valence-electron chi connectivity index (χ4n) is 1.23. The van der Waals surface area contributed by atoms with Crippen molar-refractivity contribution in [3.8, 4) is 0 Å². The molecule has 0 aliphatic carbocycles. The third kappa shape index (κ3) is 4.94. The van der Waals surface area contributed by atoms with Crippen LogP contribution < -0.4 is 11.1 Å². The van der Waals surface area contributed by atoms with Gasteiger partial charge >= 0.3 is 12.2 Å². The number of urea groups is 1. The molecule has 0 aliphatic rings. The number of anilines is 2. The molecule has 0 aliphatic heterocycles. The van der Waals surface area contributed by atoms with Crippen LogP contribution in [0.1, 0.15) is 6.42 Å². The molecule has 7 heteroatoms. The molecule has 0 fully saturated rings. The van der Waals surface area contributed by atoms with Crippen molar-refractivity contribution < 1.29 is 18.0 Å². The second kappa shape index (κ2) is 5.61. The lowest BCUT2D eigenvalue weighted by Gasteiger charge is -2.18. The molecule has 0 atom stereocenters. The first kappa shape index (κ1) is 14.1. The lowest BCUT2D eigenvalue weighted by atomic mass is 10.3. The largest absolute Gasteiger partial charge is 0.399 e. The van der Waals surface area contributed by atoms with Crippen molar-refractivity contribution in [1.29, 1.82) is 0 Å². The molecule has 0 unspecified atom stereocenters. The van der Waals surface area contributed by atoms with Crippen molar-refractivity contribution in [3.05, 3.63) is 24.3 Å². The molecule has 1 aromatic rings. The Labute approximate surface area is 103 Å². The highest BCUT2D eigenvalue weighted by atomic mass is 19.4. The van der Waals surface area contributed by atoms with E-state index in [1.165, 1.54) is 13.1 Å². The highest BCUT2D eigenvalue weighted by Crippen LogP contribution is 2.19. The van der Waals surface area contributed by atoms with E-state index in [0.717, 1.165) is 4.90 Å². The van der Waals surface area contributed by atoms with Gasteiger partial charge < -0.3 is 16.0 Å². The van der Waals surface area contributed by atoms with Crippen molar-refractivity contribution in [2.45, 2.75) is 12.6 Å². The van der Waals surface area contributed by atoms with Crippen LogP contribution in [0.5, 0.6) is 0 Å².